The lowest BCUT2D eigenvalue weighted by atomic mass is 9.98. The molecule has 8 heteroatoms. The van der Waals surface area contributed by atoms with Crippen LogP contribution >= 0.6 is 0 Å². The van der Waals surface area contributed by atoms with E-state index in [-0.39, 0.29) is 36.5 Å². The first-order valence-corrected chi connectivity index (χ1v) is 18.7. The molecule has 0 amide bonds. The maximum Gasteiger partial charge on any atom is 0.334 e. The molecule has 0 spiro atoms. The molecule has 262 valence electrons. The topological polar surface area (TPSA) is 126 Å². The molecular formula is C37H66O8. The van der Waals surface area contributed by atoms with E-state index in [0.717, 1.165) is 70.6 Å². The molecule has 4 N–H and O–H groups in total. The van der Waals surface area contributed by atoms with Crippen molar-refractivity contribution in [1.82, 2.24) is 0 Å². The van der Waals surface area contributed by atoms with E-state index in [2.05, 4.69) is 6.92 Å². The molecule has 0 aromatic carbocycles. The van der Waals surface area contributed by atoms with Crippen molar-refractivity contribution in [3.8, 4) is 0 Å². The van der Waals surface area contributed by atoms with Gasteiger partial charge in [-0.15, -0.1) is 0 Å². The predicted octanol–water partition coefficient (Wildman–Crippen LogP) is 6.83. The zero-order valence-corrected chi connectivity index (χ0v) is 28.5. The van der Waals surface area contributed by atoms with Crippen LogP contribution in [0.25, 0.3) is 0 Å². The van der Waals surface area contributed by atoms with Crippen LogP contribution in [0.5, 0.6) is 0 Å². The smallest absolute Gasteiger partial charge is 0.334 e. The number of hydrogen-bond donors (Lipinski definition) is 4. The summed E-state index contributed by atoms with van der Waals surface area (Å²) in [6.07, 6.45) is 21.5. The van der Waals surface area contributed by atoms with Crippen molar-refractivity contribution in [2.24, 2.45) is 0 Å². The van der Waals surface area contributed by atoms with Gasteiger partial charge in [0.1, 0.15) is 6.10 Å². The Bertz CT molecular complexity index is 833. The standard InChI is InChI=1S/C37H66O8/c1-3-4-5-6-7-8-9-10-11-15-18-31(39)35-23-24-36(45-35)33(41)21-20-32(40)34-22-19-30(44-34)17-14-12-13-16-29(38)26-28-25-27(2)43-37(28)42/h25,27,29-36,38-41H,3-24,26H2,1-2H3/t27-,29?,30+,31+,32-,33-,34-,35-,36-/m0/s1. The summed E-state index contributed by atoms with van der Waals surface area (Å²) in [5.74, 6) is -0.309. The van der Waals surface area contributed by atoms with E-state index in [1.807, 2.05) is 6.92 Å². The van der Waals surface area contributed by atoms with E-state index < -0.39 is 24.4 Å². The van der Waals surface area contributed by atoms with Crippen LogP contribution in [0.2, 0.25) is 0 Å². The second-order valence-electron chi connectivity index (χ2n) is 14.2. The first-order chi connectivity index (χ1) is 21.8. The van der Waals surface area contributed by atoms with E-state index >= 15 is 0 Å². The predicted molar refractivity (Wildman–Crippen MR) is 177 cm³/mol. The number of carbonyl (C=O) groups excluding carboxylic acids is 1. The monoisotopic (exact) mass is 638 g/mol. The van der Waals surface area contributed by atoms with Gasteiger partial charge in [0.05, 0.1) is 48.8 Å². The van der Waals surface area contributed by atoms with Crippen LogP contribution in [-0.4, -0.2) is 81.3 Å². The Morgan fingerprint density at radius 1 is 0.667 bits per heavy atom. The fourth-order valence-electron chi connectivity index (χ4n) is 7.29. The molecule has 2 fully saturated rings. The Labute approximate surface area is 273 Å². The molecule has 0 bridgehead atoms. The normalized spacial score (nSPS) is 27.8. The molecular weight excluding hydrogens is 572 g/mol. The molecule has 0 aromatic rings. The van der Waals surface area contributed by atoms with Crippen LogP contribution < -0.4 is 0 Å². The molecule has 0 radical (unpaired) electrons. The summed E-state index contributed by atoms with van der Waals surface area (Å²) in [6.45, 7) is 4.07. The number of aliphatic hydroxyl groups is 4. The minimum absolute atomic E-state index is 0.148. The van der Waals surface area contributed by atoms with Gasteiger partial charge in [-0.3, -0.25) is 0 Å². The average molecular weight is 639 g/mol. The molecule has 0 saturated carbocycles. The fraction of sp³-hybridized carbons (Fsp3) is 0.919. The number of cyclic esters (lactones) is 1. The summed E-state index contributed by atoms with van der Waals surface area (Å²) >= 11 is 0. The molecule has 45 heavy (non-hydrogen) atoms. The first-order valence-electron chi connectivity index (χ1n) is 18.7. The molecule has 3 rings (SSSR count). The summed E-state index contributed by atoms with van der Waals surface area (Å²) in [7, 11) is 0. The van der Waals surface area contributed by atoms with Gasteiger partial charge in [-0.1, -0.05) is 90.4 Å². The quantitative estimate of drug-likeness (QED) is 0.0634. The number of rotatable bonds is 25. The largest absolute Gasteiger partial charge is 0.455 e. The van der Waals surface area contributed by atoms with E-state index in [4.69, 9.17) is 14.2 Å². The van der Waals surface area contributed by atoms with E-state index in [1.165, 1.54) is 51.4 Å². The molecule has 0 aromatic heterocycles. The molecule has 0 aliphatic carbocycles. The Kier molecular flexibility index (Phi) is 18.6. The molecule has 3 aliphatic rings. The second kappa shape index (κ2) is 21.8. The Balaban J connectivity index is 1.17. The molecule has 1 unspecified atom stereocenters. The van der Waals surface area contributed by atoms with Crippen molar-refractivity contribution >= 4 is 5.97 Å². The van der Waals surface area contributed by atoms with Crippen molar-refractivity contribution < 1.29 is 39.4 Å². The molecule has 2 saturated heterocycles. The molecule has 3 heterocycles. The zero-order chi connectivity index (χ0) is 32.4. The van der Waals surface area contributed by atoms with Gasteiger partial charge >= 0.3 is 5.97 Å². The first kappa shape index (κ1) is 38.4. The van der Waals surface area contributed by atoms with Crippen molar-refractivity contribution in [1.29, 1.82) is 0 Å². The van der Waals surface area contributed by atoms with Gasteiger partial charge in [0.25, 0.3) is 0 Å². The summed E-state index contributed by atoms with van der Waals surface area (Å²) in [4.78, 5) is 11.7. The van der Waals surface area contributed by atoms with Gasteiger partial charge in [0, 0.05) is 12.0 Å². The summed E-state index contributed by atoms with van der Waals surface area (Å²) in [5, 5.41) is 42.4. The van der Waals surface area contributed by atoms with Gasteiger partial charge in [0.2, 0.25) is 0 Å². The van der Waals surface area contributed by atoms with Crippen LogP contribution in [0.3, 0.4) is 0 Å². The molecule has 8 nitrogen and oxygen atoms in total. The lowest BCUT2D eigenvalue weighted by Crippen LogP contribution is -2.33. The highest BCUT2D eigenvalue weighted by Gasteiger charge is 2.36. The van der Waals surface area contributed by atoms with Crippen molar-refractivity contribution in [3.63, 3.8) is 0 Å². The fourth-order valence-corrected chi connectivity index (χ4v) is 7.29. The number of aliphatic hydroxyl groups excluding tert-OH is 4. The van der Waals surface area contributed by atoms with Crippen LogP contribution in [0.4, 0.5) is 0 Å². The molecule has 3 aliphatic heterocycles. The zero-order valence-electron chi connectivity index (χ0n) is 28.5. The third-order valence-corrected chi connectivity index (χ3v) is 10.1. The van der Waals surface area contributed by atoms with Gasteiger partial charge in [-0.05, 0) is 70.8 Å². The number of hydrogen-bond acceptors (Lipinski definition) is 8. The van der Waals surface area contributed by atoms with Crippen molar-refractivity contribution in [2.45, 2.75) is 216 Å². The van der Waals surface area contributed by atoms with Crippen molar-refractivity contribution in [2.75, 3.05) is 0 Å². The summed E-state index contributed by atoms with van der Waals surface area (Å²) in [5.41, 5.74) is 0.583. The van der Waals surface area contributed by atoms with Gasteiger partial charge < -0.3 is 34.6 Å². The van der Waals surface area contributed by atoms with Crippen LogP contribution in [-0.2, 0) is 19.0 Å². The third kappa shape index (κ3) is 14.7. The van der Waals surface area contributed by atoms with Gasteiger partial charge in [0.15, 0.2) is 0 Å². The SMILES string of the molecule is CCCCCCCCCCCC[C@@H](O)[C@@H]1CC[C@@H]([C@@H](O)CC[C@H](O)[C@@H]2CC[C@@H](CCCCCC(O)CC3=C[C@H](C)OC3=O)O2)O1. The minimum atomic E-state index is -0.638. The number of esters is 1. The van der Waals surface area contributed by atoms with Gasteiger partial charge in [-0.25, -0.2) is 4.79 Å². The third-order valence-electron chi connectivity index (χ3n) is 10.1. The van der Waals surface area contributed by atoms with E-state index in [9.17, 15) is 25.2 Å². The minimum Gasteiger partial charge on any atom is -0.455 e. The Morgan fingerprint density at radius 2 is 1.18 bits per heavy atom. The summed E-state index contributed by atoms with van der Waals surface area (Å²) < 4.78 is 17.3. The van der Waals surface area contributed by atoms with E-state index in [1.54, 1.807) is 6.08 Å². The highest BCUT2D eigenvalue weighted by molar-refractivity contribution is 5.90. The number of ether oxygens (including phenoxy) is 3. The number of carbonyl (C=O) groups is 1. The van der Waals surface area contributed by atoms with Crippen LogP contribution in [0.15, 0.2) is 11.6 Å². The highest BCUT2D eigenvalue weighted by atomic mass is 16.5. The molecule has 9 atom stereocenters. The summed E-state index contributed by atoms with van der Waals surface area (Å²) in [6, 6.07) is 0. The van der Waals surface area contributed by atoms with E-state index in [0.29, 0.717) is 31.3 Å². The number of unbranched alkanes of at least 4 members (excludes halogenated alkanes) is 11. The highest BCUT2D eigenvalue weighted by Crippen LogP contribution is 2.31. The second-order valence-corrected chi connectivity index (χ2v) is 14.2. The van der Waals surface area contributed by atoms with Gasteiger partial charge in [-0.2, -0.15) is 0 Å². The van der Waals surface area contributed by atoms with Crippen LogP contribution in [0.1, 0.15) is 162 Å². The lowest BCUT2D eigenvalue weighted by Gasteiger charge is -2.24. The maximum atomic E-state index is 11.7. The Morgan fingerprint density at radius 3 is 1.78 bits per heavy atom. The maximum absolute atomic E-state index is 11.7. The van der Waals surface area contributed by atoms with Crippen LogP contribution in [0, 0.1) is 0 Å². The average Bonchev–Trinajstić information content (AvgIpc) is 3.77. The lowest BCUT2D eigenvalue weighted by molar-refractivity contribution is -0.139. The van der Waals surface area contributed by atoms with Crippen molar-refractivity contribution in [3.05, 3.63) is 11.6 Å². The Hall–Kier alpha value is -1.03.